The maximum absolute atomic E-state index is 12.0. The molecule has 0 fully saturated rings. The number of anilines is 1. The molecule has 1 aromatic carbocycles. The highest BCUT2D eigenvalue weighted by Gasteiger charge is 2.11. The summed E-state index contributed by atoms with van der Waals surface area (Å²) in [6.07, 6.45) is 3.14. The van der Waals surface area contributed by atoms with Crippen LogP contribution in [0.3, 0.4) is 0 Å². The van der Waals surface area contributed by atoms with E-state index in [1.54, 1.807) is 24.4 Å². The second-order valence-electron chi connectivity index (χ2n) is 4.07. The molecule has 0 unspecified atom stereocenters. The molecule has 5 N–H and O–H groups in total. The second kappa shape index (κ2) is 4.50. The zero-order valence-corrected chi connectivity index (χ0v) is 10.2. The number of benzene rings is 1. The summed E-state index contributed by atoms with van der Waals surface area (Å²) in [5, 5.41) is 2.60. The third-order valence-electron chi connectivity index (χ3n) is 2.71. The monoisotopic (exact) mass is 270 g/mol. The van der Waals surface area contributed by atoms with Gasteiger partial charge < -0.3 is 15.7 Å². The number of rotatable bonds is 3. The predicted octanol–water partition coefficient (Wildman–Crippen LogP) is 0.637. The molecular weight excluding hydrogens is 260 g/mol. The number of hydrogen-bond donors (Lipinski definition) is 4. The first kappa shape index (κ1) is 11.9. The Hall–Kier alpha value is -3.16. The van der Waals surface area contributed by atoms with Crippen molar-refractivity contribution in [2.24, 2.45) is 5.73 Å². The van der Waals surface area contributed by atoms with Gasteiger partial charge in [0, 0.05) is 18.0 Å². The molecular formula is C12H10N6O2. The highest BCUT2D eigenvalue weighted by Crippen LogP contribution is 2.14. The predicted molar refractivity (Wildman–Crippen MR) is 71.2 cm³/mol. The minimum absolute atomic E-state index is 0.0589. The van der Waals surface area contributed by atoms with Gasteiger partial charge in [0.1, 0.15) is 0 Å². The molecule has 8 heteroatoms. The lowest BCUT2D eigenvalue weighted by molar-refractivity contribution is 0.0990. The number of amides is 2. The number of carbonyl (C=O) groups excluding carboxylic acids is 2. The fourth-order valence-corrected chi connectivity index (χ4v) is 1.78. The van der Waals surface area contributed by atoms with Crippen LogP contribution in [-0.2, 0) is 0 Å². The SMILES string of the molecule is NC(=O)c1nc2ccc(C(=O)Nc3ncc[nH]3)cc2[nH]1. The van der Waals surface area contributed by atoms with Gasteiger partial charge in [-0.1, -0.05) is 0 Å². The van der Waals surface area contributed by atoms with Crippen molar-refractivity contribution in [3.05, 3.63) is 42.0 Å². The van der Waals surface area contributed by atoms with Crippen molar-refractivity contribution < 1.29 is 9.59 Å². The van der Waals surface area contributed by atoms with Crippen LogP contribution in [0, 0.1) is 0 Å². The maximum Gasteiger partial charge on any atom is 0.284 e. The van der Waals surface area contributed by atoms with Crippen molar-refractivity contribution >= 4 is 28.8 Å². The minimum Gasteiger partial charge on any atom is -0.363 e. The van der Waals surface area contributed by atoms with Gasteiger partial charge in [-0.2, -0.15) is 0 Å². The molecule has 8 nitrogen and oxygen atoms in total. The van der Waals surface area contributed by atoms with Crippen LogP contribution in [0.25, 0.3) is 11.0 Å². The molecule has 0 spiro atoms. The number of aromatic amines is 2. The van der Waals surface area contributed by atoms with E-state index in [0.717, 1.165) is 0 Å². The Kier molecular flexibility index (Phi) is 2.68. The third-order valence-corrected chi connectivity index (χ3v) is 2.71. The van der Waals surface area contributed by atoms with Crippen LogP contribution in [0.2, 0.25) is 0 Å². The molecule has 3 aromatic rings. The van der Waals surface area contributed by atoms with Crippen molar-refractivity contribution in [3.8, 4) is 0 Å². The van der Waals surface area contributed by atoms with E-state index < -0.39 is 5.91 Å². The topological polar surface area (TPSA) is 130 Å². The van der Waals surface area contributed by atoms with Gasteiger partial charge in [0.15, 0.2) is 5.82 Å². The molecule has 0 aliphatic rings. The van der Waals surface area contributed by atoms with Gasteiger partial charge in [-0.15, -0.1) is 0 Å². The molecule has 2 heterocycles. The molecule has 0 saturated carbocycles. The third kappa shape index (κ3) is 2.09. The fraction of sp³-hybridized carbons (Fsp3) is 0. The lowest BCUT2D eigenvalue weighted by Gasteiger charge is -2.01. The molecule has 0 bridgehead atoms. The zero-order chi connectivity index (χ0) is 14.1. The standard InChI is InChI=1S/C12H10N6O2/c13-9(19)10-16-7-2-1-6(5-8(7)17-10)11(20)18-12-14-3-4-15-12/h1-5H,(H2,13,19)(H,16,17)(H2,14,15,18,20). The van der Waals surface area contributed by atoms with E-state index in [1.165, 1.54) is 6.20 Å². The van der Waals surface area contributed by atoms with E-state index in [2.05, 4.69) is 25.3 Å². The van der Waals surface area contributed by atoms with Gasteiger partial charge in [-0.05, 0) is 18.2 Å². The number of aromatic nitrogens is 4. The quantitative estimate of drug-likeness (QED) is 0.556. The summed E-state index contributed by atoms with van der Waals surface area (Å²) in [7, 11) is 0. The molecule has 0 radical (unpaired) electrons. The van der Waals surface area contributed by atoms with Crippen LogP contribution in [0.5, 0.6) is 0 Å². The number of fused-ring (bicyclic) bond motifs is 1. The van der Waals surface area contributed by atoms with Crippen LogP contribution in [0.4, 0.5) is 5.95 Å². The summed E-state index contributed by atoms with van der Waals surface area (Å²) >= 11 is 0. The molecule has 0 saturated heterocycles. The van der Waals surface area contributed by atoms with Crippen LogP contribution in [0.1, 0.15) is 21.0 Å². The molecule has 0 aliphatic heterocycles. The van der Waals surface area contributed by atoms with Crippen molar-refractivity contribution in [1.29, 1.82) is 0 Å². The maximum atomic E-state index is 12.0. The van der Waals surface area contributed by atoms with E-state index in [9.17, 15) is 9.59 Å². The van der Waals surface area contributed by atoms with Crippen molar-refractivity contribution in [3.63, 3.8) is 0 Å². The first-order chi connectivity index (χ1) is 9.63. The number of nitrogens with two attached hydrogens (primary N) is 1. The molecule has 0 atom stereocenters. The van der Waals surface area contributed by atoms with Crippen LogP contribution in [0.15, 0.2) is 30.6 Å². The van der Waals surface area contributed by atoms with E-state index in [0.29, 0.717) is 22.5 Å². The van der Waals surface area contributed by atoms with Crippen molar-refractivity contribution in [2.45, 2.75) is 0 Å². The Morgan fingerprint density at radius 1 is 1.30 bits per heavy atom. The Balaban J connectivity index is 1.92. The zero-order valence-electron chi connectivity index (χ0n) is 10.2. The van der Waals surface area contributed by atoms with Crippen LogP contribution in [-0.4, -0.2) is 31.8 Å². The highest BCUT2D eigenvalue weighted by molar-refractivity contribution is 6.05. The van der Waals surface area contributed by atoms with Gasteiger partial charge >= 0.3 is 0 Å². The number of carbonyl (C=O) groups is 2. The summed E-state index contributed by atoms with van der Waals surface area (Å²) in [5.41, 5.74) is 6.68. The van der Waals surface area contributed by atoms with Crippen LogP contribution >= 0.6 is 0 Å². The number of H-pyrrole nitrogens is 2. The fourth-order valence-electron chi connectivity index (χ4n) is 1.78. The molecule has 20 heavy (non-hydrogen) atoms. The molecule has 0 aliphatic carbocycles. The molecule has 2 aromatic heterocycles. The van der Waals surface area contributed by atoms with Gasteiger partial charge in [0.2, 0.25) is 5.95 Å². The number of hydrogen-bond acceptors (Lipinski definition) is 4. The van der Waals surface area contributed by atoms with Crippen LogP contribution < -0.4 is 11.1 Å². The Bertz CT molecular complexity index is 790. The largest absolute Gasteiger partial charge is 0.363 e. The van der Waals surface area contributed by atoms with Gasteiger partial charge in [0.05, 0.1) is 11.0 Å². The van der Waals surface area contributed by atoms with E-state index in [4.69, 9.17) is 5.73 Å². The average molecular weight is 270 g/mol. The van der Waals surface area contributed by atoms with E-state index in [1.807, 2.05) is 0 Å². The molecule has 100 valence electrons. The normalized spacial score (nSPS) is 10.6. The van der Waals surface area contributed by atoms with Crippen molar-refractivity contribution in [1.82, 2.24) is 19.9 Å². The van der Waals surface area contributed by atoms with Gasteiger partial charge in [0.25, 0.3) is 11.8 Å². The first-order valence-corrected chi connectivity index (χ1v) is 5.74. The summed E-state index contributed by atoms with van der Waals surface area (Å²) in [5.74, 6) is -0.555. The highest BCUT2D eigenvalue weighted by atomic mass is 16.2. The van der Waals surface area contributed by atoms with Crippen molar-refractivity contribution in [2.75, 3.05) is 5.32 Å². The lowest BCUT2D eigenvalue weighted by Crippen LogP contribution is -2.12. The second-order valence-corrected chi connectivity index (χ2v) is 4.07. The smallest absolute Gasteiger partial charge is 0.284 e. The Morgan fingerprint density at radius 2 is 2.15 bits per heavy atom. The number of imidazole rings is 2. The first-order valence-electron chi connectivity index (χ1n) is 5.74. The number of nitrogens with one attached hydrogen (secondary N) is 3. The molecule has 3 rings (SSSR count). The summed E-state index contributed by atoms with van der Waals surface area (Å²) in [6.45, 7) is 0. The Morgan fingerprint density at radius 3 is 2.85 bits per heavy atom. The van der Waals surface area contributed by atoms with Gasteiger partial charge in [-0.25, -0.2) is 9.97 Å². The van der Waals surface area contributed by atoms with Gasteiger partial charge in [-0.3, -0.25) is 14.9 Å². The summed E-state index contributed by atoms with van der Waals surface area (Å²) in [4.78, 5) is 36.5. The average Bonchev–Trinajstić information content (AvgIpc) is 3.05. The number of primary amides is 1. The summed E-state index contributed by atoms with van der Waals surface area (Å²) < 4.78 is 0. The minimum atomic E-state index is -0.650. The molecule has 2 amide bonds. The number of nitrogens with zero attached hydrogens (tertiary/aromatic N) is 2. The Labute approximate surface area is 112 Å². The lowest BCUT2D eigenvalue weighted by atomic mass is 10.2. The van der Waals surface area contributed by atoms with E-state index >= 15 is 0 Å². The van der Waals surface area contributed by atoms with E-state index in [-0.39, 0.29) is 11.7 Å². The summed E-state index contributed by atoms with van der Waals surface area (Å²) in [6, 6.07) is 4.83.